The molecule has 2 unspecified atom stereocenters. The van der Waals surface area contributed by atoms with Gasteiger partial charge in [-0.25, -0.2) is 0 Å². The summed E-state index contributed by atoms with van der Waals surface area (Å²) >= 11 is 0. The second-order valence-corrected chi connectivity index (χ2v) is 7.41. The molecule has 4 heteroatoms. The molecule has 0 saturated heterocycles. The summed E-state index contributed by atoms with van der Waals surface area (Å²) in [5.41, 5.74) is 8.40. The first-order valence-corrected chi connectivity index (χ1v) is 8.73. The summed E-state index contributed by atoms with van der Waals surface area (Å²) < 4.78 is 2.20. The van der Waals surface area contributed by atoms with Gasteiger partial charge in [0.15, 0.2) is 0 Å². The normalized spacial score (nSPS) is 36.5. The lowest BCUT2D eigenvalue weighted by atomic mass is 9.80. The van der Waals surface area contributed by atoms with Gasteiger partial charge < -0.3 is 10.8 Å². The number of aliphatic hydroxyl groups excluding tert-OH is 1. The van der Waals surface area contributed by atoms with Gasteiger partial charge >= 0.3 is 0 Å². The van der Waals surface area contributed by atoms with Gasteiger partial charge in [0.1, 0.15) is 0 Å². The molecule has 4 rings (SSSR count). The van der Waals surface area contributed by atoms with Crippen LogP contribution in [-0.4, -0.2) is 27.5 Å². The van der Waals surface area contributed by atoms with Crippen LogP contribution in [0.3, 0.4) is 0 Å². The standard InChI is InChI=1S/C17H27N3O/c18-9-11-7-13(8-11)20-10-15(17(19-20)12-5-6-12)14-3-1-2-4-16(14)21/h10-14,16,21H,1-9,18H2. The largest absolute Gasteiger partial charge is 0.392 e. The Hall–Kier alpha value is -0.870. The maximum Gasteiger partial charge on any atom is 0.0691 e. The first-order chi connectivity index (χ1) is 10.3. The van der Waals surface area contributed by atoms with E-state index >= 15 is 0 Å². The molecule has 4 nitrogen and oxygen atoms in total. The Labute approximate surface area is 126 Å². The van der Waals surface area contributed by atoms with Crippen LogP contribution in [0.15, 0.2) is 6.20 Å². The third kappa shape index (κ3) is 2.53. The Morgan fingerprint density at radius 2 is 1.95 bits per heavy atom. The summed E-state index contributed by atoms with van der Waals surface area (Å²) in [6.45, 7) is 0.807. The van der Waals surface area contributed by atoms with E-state index in [1.165, 1.54) is 49.8 Å². The molecule has 3 N–H and O–H groups in total. The number of aromatic nitrogens is 2. The summed E-state index contributed by atoms with van der Waals surface area (Å²) in [7, 11) is 0. The van der Waals surface area contributed by atoms with Crippen LogP contribution in [0, 0.1) is 5.92 Å². The smallest absolute Gasteiger partial charge is 0.0691 e. The number of rotatable bonds is 4. The SMILES string of the molecule is NCC1CC(n2cc(C3CCCCC3O)c(C3CC3)n2)C1. The van der Waals surface area contributed by atoms with Gasteiger partial charge in [0.05, 0.1) is 17.8 Å². The Balaban J connectivity index is 1.58. The minimum Gasteiger partial charge on any atom is -0.392 e. The fraction of sp³-hybridized carbons (Fsp3) is 0.824. The van der Waals surface area contributed by atoms with E-state index in [0.29, 0.717) is 23.8 Å². The van der Waals surface area contributed by atoms with Crippen molar-refractivity contribution in [2.75, 3.05) is 6.54 Å². The highest BCUT2D eigenvalue weighted by Gasteiger charge is 2.37. The Kier molecular flexibility index (Phi) is 3.54. The number of hydrogen-bond donors (Lipinski definition) is 2. The molecule has 0 aromatic carbocycles. The van der Waals surface area contributed by atoms with Crippen LogP contribution in [0.2, 0.25) is 0 Å². The van der Waals surface area contributed by atoms with Gasteiger partial charge in [-0.3, -0.25) is 4.68 Å². The van der Waals surface area contributed by atoms with E-state index < -0.39 is 0 Å². The van der Waals surface area contributed by atoms with Crippen molar-refractivity contribution in [3.63, 3.8) is 0 Å². The molecule has 1 heterocycles. The molecule has 0 radical (unpaired) electrons. The number of nitrogens with zero attached hydrogens (tertiary/aromatic N) is 2. The number of hydrogen-bond acceptors (Lipinski definition) is 3. The van der Waals surface area contributed by atoms with Crippen molar-refractivity contribution < 1.29 is 5.11 Å². The van der Waals surface area contributed by atoms with E-state index in [0.717, 1.165) is 19.4 Å². The highest BCUT2D eigenvalue weighted by molar-refractivity contribution is 5.30. The maximum absolute atomic E-state index is 10.4. The molecule has 3 aliphatic carbocycles. The molecule has 0 bridgehead atoms. The van der Waals surface area contributed by atoms with E-state index in [4.69, 9.17) is 10.8 Å². The molecular formula is C17H27N3O. The third-order valence-electron chi connectivity index (χ3n) is 5.80. The molecular weight excluding hydrogens is 262 g/mol. The van der Waals surface area contributed by atoms with Gasteiger partial charge in [0, 0.05) is 18.0 Å². The lowest BCUT2D eigenvalue weighted by Gasteiger charge is -2.34. The average molecular weight is 289 g/mol. The molecule has 0 aliphatic heterocycles. The first-order valence-electron chi connectivity index (χ1n) is 8.73. The molecule has 116 valence electrons. The van der Waals surface area contributed by atoms with Crippen LogP contribution in [0.5, 0.6) is 0 Å². The summed E-state index contributed by atoms with van der Waals surface area (Å²) in [6.07, 6.45) is 11.5. The van der Waals surface area contributed by atoms with Crippen LogP contribution >= 0.6 is 0 Å². The molecule has 3 saturated carbocycles. The van der Waals surface area contributed by atoms with Gasteiger partial charge in [-0.05, 0) is 56.6 Å². The molecule has 1 aromatic rings. The summed E-state index contributed by atoms with van der Waals surface area (Å²) in [5.74, 6) is 1.68. The summed E-state index contributed by atoms with van der Waals surface area (Å²) in [4.78, 5) is 0. The highest BCUT2D eigenvalue weighted by atomic mass is 16.3. The Bertz CT molecular complexity index is 502. The van der Waals surface area contributed by atoms with Gasteiger partial charge in [-0.15, -0.1) is 0 Å². The molecule has 2 atom stereocenters. The minimum atomic E-state index is -0.160. The van der Waals surface area contributed by atoms with Crippen molar-refractivity contribution in [1.29, 1.82) is 0 Å². The minimum absolute atomic E-state index is 0.160. The fourth-order valence-electron chi connectivity index (χ4n) is 4.15. The monoisotopic (exact) mass is 289 g/mol. The van der Waals surface area contributed by atoms with Crippen molar-refractivity contribution in [3.8, 4) is 0 Å². The first kappa shape index (κ1) is 13.8. The van der Waals surface area contributed by atoms with Gasteiger partial charge in [-0.1, -0.05) is 12.8 Å². The Morgan fingerprint density at radius 1 is 1.19 bits per heavy atom. The predicted molar refractivity (Wildman–Crippen MR) is 82.2 cm³/mol. The van der Waals surface area contributed by atoms with E-state index in [9.17, 15) is 5.11 Å². The van der Waals surface area contributed by atoms with Crippen LogP contribution in [-0.2, 0) is 0 Å². The fourth-order valence-corrected chi connectivity index (χ4v) is 4.15. The van der Waals surface area contributed by atoms with Crippen LogP contribution in [0.4, 0.5) is 0 Å². The van der Waals surface area contributed by atoms with Crippen molar-refractivity contribution in [2.45, 2.75) is 75.3 Å². The number of nitrogens with two attached hydrogens (primary N) is 1. The second-order valence-electron chi connectivity index (χ2n) is 7.41. The Morgan fingerprint density at radius 3 is 2.62 bits per heavy atom. The number of aliphatic hydroxyl groups is 1. The van der Waals surface area contributed by atoms with E-state index in [1.54, 1.807) is 0 Å². The van der Waals surface area contributed by atoms with E-state index in [-0.39, 0.29) is 6.10 Å². The lowest BCUT2D eigenvalue weighted by molar-refractivity contribution is 0.105. The summed E-state index contributed by atoms with van der Waals surface area (Å²) in [5, 5.41) is 15.3. The van der Waals surface area contributed by atoms with Gasteiger partial charge in [0.2, 0.25) is 0 Å². The van der Waals surface area contributed by atoms with Crippen molar-refractivity contribution >= 4 is 0 Å². The van der Waals surface area contributed by atoms with Crippen LogP contribution < -0.4 is 5.73 Å². The zero-order valence-corrected chi connectivity index (χ0v) is 12.7. The molecule has 0 spiro atoms. The molecule has 1 aromatic heterocycles. The molecule has 3 fully saturated rings. The third-order valence-corrected chi connectivity index (χ3v) is 5.80. The van der Waals surface area contributed by atoms with Crippen molar-refractivity contribution in [2.24, 2.45) is 11.7 Å². The average Bonchev–Trinajstić information content (AvgIpc) is 3.19. The van der Waals surface area contributed by atoms with Gasteiger partial charge in [-0.2, -0.15) is 5.10 Å². The van der Waals surface area contributed by atoms with Crippen molar-refractivity contribution in [1.82, 2.24) is 9.78 Å². The molecule has 0 amide bonds. The topological polar surface area (TPSA) is 64.1 Å². The molecule has 3 aliphatic rings. The zero-order chi connectivity index (χ0) is 14.4. The van der Waals surface area contributed by atoms with Crippen LogP contribution in [0.1, 0.15) is 80.5 Å². The second kappa shape index (κ2) is 5.40. The highest BCUT2D eigenvalue weighted by Crippen LogP contribution is 2.46. The van der Waals surface area contributed by atoms with Gasteiger partial charge in [0.25, 0.3) is 0 Å². The molecule has 21 heavy (non-hydrogen) atoms. The van der Waals surface area contributed by atoms with E-state index in [2.05, 4.69) is 10.9 Å². The van der Waals surface area contributed by atoms with Crippen LogP contribution in [0.25, 0.3) is 0 Å². The van der Waals surface area contributed by atoms with Crippen molar-refractivity contribution in [3.05, 3.63) is 17.5 Å². The van der Waals surface area contributed by atoms with E-state index in [1.807, 2.05) is 0 Å². The summed E-state index contributed by atoms with van der Waals surface area (Å²) in [6, 6.07) is 0.547. The zero-order valence-electron chi connectivity index (χ0n) is 12.7. The maximum atomic E-state index is 10.4. The lowest BCUT2D eigenvalue weighted by Crippen LogP contribution is -2.32. The quantitative estimate of drug-likeness (QED) is 0.895. The predicted octanol–water partition coefficient (Wildman–Crippen LogP) is 2.69.